The number of carbonyl (C=O) groups is 1. The summed E-state index contributed by atoms with van der Waals surface area (Å²) in [5.41, 5.74) is 0.148. The lowest BCUT2D eigenvalue weighted by Gasteiger charge is -2.02. The Balaban J connectivity index is 2.19. The second kappa shape index (κ2) is 4.38. The van der Waals surface area contributed by atoms with E-state index in [4.69, 9.17) is 0 Å². The molecule has 7 heteroatoms. The van der Waals surface area contributed by atoms with Crippen LogP contribution in [0.15, 0.2) is 18.2 Å². The first-order chi connectivity index (χ1) is 8.04. The zero-order valence-electron chi connectivity index (χ0n) is 8.84. The third-order valence-corrected chi connectivity index (χ3v) is 2.67. The first kappa shape index (κ1) is 11.3. The maximum absolute atomic E-state index is 11.7. The SMILES string of the molecule is Cc1nnc(NC(=O)c2cc(O)cc(O)c2)s1. The number of hydrogen-bond acceptors (Lipinski definition) is 6. The Morgan fingerprint density at radius 2 is 1.88 bits per heavy atom. The Morgan fingerprint density at radius 3 is 2.41 bits per heavy atom. The number of aromatic nitrogens is 2. The van der Waals surface area contributed by atoms with Crippen LogP contribution in [0.2, 0.25) is 0 Å². The first-order valence-corrected chi connectivity index (χ1v) is 5.51. The van der Waals surface area contributed by atoms with Crippen LogP contribution in [0.3, 0.4) is 0 Å². The van der Waals surface area contributed by atoms with Gasteiger partial charge in [0.1, 0.15) is 16.5 Å². The average Bonchev–Trinajstić information content (AvgIpc) is 2.62. The van der Waals surface area contributed by atoms with Crippen molar-refractivity contribution in [3.8, 4) is 11.5 Å². The van der Waals surface area contributed by atoms with Crippen LogP contribution in [0.1, 0.15) is 15.4 Å². The van der Waals surface area contributed by atoms with E-state index in [2.05, 4.69) is 15.5 Å². The number of phenolic OH excluding ortho intramolecular Hbond substituents is 2. The number of benzene rings is 1. The Labute approximate surface area is 101 Å². The van der Waals surface area contributed by atoms with Crippen molar-refractivity contribution in [2.45, 2.75) is 6.92 Å². The van der Waals surface area contributed by atoms with Gasteiger partial charge in [0.25, 0.3) is 5.91 Å². The van der Waals surface area contributed by atoms with E-state index in [1.54, 1.807) is 6.92 Å². The van der Waals surface area contributed by atoms with Gasteiger partial charge >= 0.3 is 0 Å². The number of amides is 1. The summed E-state index contributed by atoms with van der Waals surface area (Å²) in [4.78, 5) is 11.7. The monoisotopic (exact) mass is 251 g/mol. The summed E-state index contributed by atoms with van der Waals surface area (Å²) in [7, 11) is 0. The van der Waals surface area contributed by atoms with Crippen LogP contribution < -0.4 is 5.32 Å². The number of aryl methyl sites for hydroxylation is 1. The van der Waals surface area contributed by atoms with Crippen molar-refractivity contribution in [3.63, 3.8) is 0 Å². The molecule has 0 atom stereocenters. The van der Waals surface area contributed by atoms with Gasteiger partial charge in [-0.05, 0) is 19.1 Å². The number of hydrogen-bond donors (Lipinski definition) is 3. The minimum atomic E-state index is -0.465. The Morgan fingerprint density at radius 1 is 1.24 bits per heavy atom. The van der Waals surface area contributed by atoms with Crippen molar-refractivity contribution in [3.05, 3.63) is 28.8 Å². The van der Waals surface area contributed by atoms with Gasteiger partial charge in [0.05, 0.1) is 0 Å². The maximum atomic E-state index is 11.7. The zero-order chi connectivity index (χ0) is 12.4. The van der Waals surface area contributed by atoms with Gasteiger partial charge in [0, 0.05) is 11.6 Å². The van der Waals surface area contributed by atoms with Crippen LogP contribution in [0, 0.1) is 6.92 Å². The summed E-state index contributed by atoms with van der Waals surface area (Å²) >= 11 is 1.24. The average molecular weight is 251 g/mol. The summed E-state index contributed by atoms with van der Waals surface area (Å²) < 4.78 is 0. The van der Waals surface area contributed by atoms with Gasteiger partial charge in [-0.3, -0.25) is 10.1 Å². The van der Waals surface area contributed by atoms with Crippen molar-refractivity contribution in [1.29, 1.82) is 0 Å². The number of rotatable bonds is 2. The molecule has 1 amide bonds. The molecule has 0 aliphatic rings. The van der Waals surface area contributed by atoms with Gasteiger partial charge in [0.2, 0.25) is 5.13 Å². The highest BCUT2D eigenvalue weighted by Crippen LogP contribution is 2.22. The summed E-state index contributed by atoms with van der Waals surface area (Å²) in [6.07, 6.45) is 0. The van der Waals surface area contributed by atoms with E-state index in [9.17, 15) is 15.0 Å². The molecule has 1 aromatic carbocycles. The lowest BCUT2D eigenvalue weighted by atomic mass is 10.2. The fraction of sp³-hybridized carbons (Fsp3) is 0.100. The smallest absolute Gasteiger partial charge is 0.257 e. The number of aromatic hydroxyl groups is 2. The fourth-order valence-electron chi connectivity index (χ4n) is 1.24. The fourth-order valence-corrected chi connectivity index (χ4v) is 1.83. The molecule has 2 aromatic rings. The molecular weight excluding hydrogens is 242 g/mol. The Hall–Kier alpha value is -2.15. The topological polar surface area (TPSA) is 95.3 Å². The van der Waals surface area contributed by atoms with Crippen molar-refractivity contribution in [2.75, 3.05) is 5.32 Å². The van der Waals surface area contributed by atoms with Gasteiger partial charge in [-0.2, -0.15) is 0 Å². The van der Waals surface area contributed by atoms with Gasteiger partial charge < -0.3 is 10.2 Å². The Kier molecular flexibility index (Phi) is 2.92. The molecule has 1 heterocycles. The number of nitrogens with one attached hydrogen (secondary N) is 1. The summed E-state index contributed by atoms with van der Waals surface area (Å²) in [5, 5.41) is 29.6. The van der Waals surface area contributed by atoms with Crippen LogP contribution >= 0.6 is 11.3 Å². The molecule has 17 heavy (non-hydrogen) atoms. The molecule has 0 saturated carbocycles. The molecule has 6 nitrogen and oxygen atoms in total. The second-order valence-corrected chi connectivity index (χ2v) is 4.50. The lowest BCUT2D eigenvalue weighted by molar-refractivity contribution is 0.102. The van der Waals surface area contributed by atoms with Crippen LogP contribution in [-0.4, -0.2) is 26.3 Å². The van der Waals surface area contributed by atoms with Crippen LogP contribution in [0.5, 0.6) is 11.5 Å². The molecule has 0 spiro atoms. The predicted octanol–water partition coefficient (Wildman–Crippen LogP) is 1.51. The highest BCUT2D eigenvalue weighted by atomic mass is 32.1. The molecule has 0 aliphatic carbocycles. The molecule has 2 rings (SSSR count). The molecule has 0 saturated heterocycles. The Bertz CT molecular complexity index is 547. The third kappa shape index (κ3) is 2.70. The van der Waals surface area contributed by atoms with E-state index in [0.29, 0.717) is 5.13 Å². The molecule has 0 aliphatic heterocycles. The molecule has 0 unspecified atom stereocenters. The van der Waals surface area contributed by atoms with Gasteiger partial charge in [-0.25, -0.2) is 0 Å². The van der Waals surface area contributed by atoms with Crippen molar-refractivity contribution >= 4 is 22.4 Å². The van der Waals surface area contributed by atoms with Gasteiger partial charge in [0.15, 0.2) is 0 Å². The van der Waals surface area contributed by atoms with Crippen LogP contribution in [0.4, 0.5) is 5.13 Å². The van der Waals surface area contributed by atoms with E-state index >= 15 is 0 Å². The predicted molar refractivity (Wildman–Crippen MR) is 62.4 cm³/mol. The van der Waals surface area contributed by atoms with Crippen molar-refractivity contribution in [1.82, 2.24) is 10.2 Å². The molecule has 88 valence electrons. The van der Waals surface area contributed by atoms with Crippen LogP contribution in [0.25, 0.3) is 0 Å². The van der Waals surface area contributed by atoms with Crippen molar-refractivity contribution < 1.29 is 15.0 Å². The quantitative estimate of drug-likeness (QED) is 0.752. The minimum Gasteiger partial charge on any atom is -0.508 e. The van der Waals surface area contributed by atoms with E-state index in [1.807, 2.05) is 0 Å². The lowest BCUT2D eigenvalue weighted by Crippen LogP contribution is -2.11. The first-order valence-electron chi connectivity index (χ1n) is 4.69. The number of carbonyl (C=O) groups excluding carboxylic acids is 1. The number of nitrogens with zero attached hydrogens (tertiary/aromatic N) is 2. The summed E-state index contributed by atoms with van der Waals surface area (Å²) in [5.74, 6) is -0.820. The minimum absolute atomic E-state index is 0.148. The second-order valence-electron chi connectivity index (χ2n) is 3.32. The van der Waals surface area contributed by atoms with Crippen LogP contribution in [-0.2, 0) is 0 Å². The van der Waals surface area contributed by atoms with E-state index in [0.717, 1.165) is 11.1 Å². The standard InChI is InChI=1S/C10H9N3O3S/c1-5-12-13-10(17-5)11-9(16)6-2-7(14)4-8(15)3-6/h2-4,14-15H,1H3,(H,11,13,16). The molecular formula is C10H9N3O3S. The third-order valence-electron chi connectivity index (χ3n) is 1.91. The molecule has 0 radical (unpaired) electrons. The van der Waals surface area contributed by atoms with E-state index < -0.39 is 5.91 Å². The molecule has 0 bridgehead atoms. The summed E-state index contributed by atoms with van der Waals surface area (Å²) in [6.45, 7) is 1.77. The van der Waals surface area contributed by atoms with E-state index in [-0.39, 0.29) is 17.1 Å². The molecule has 3 N–H and O–H groups in total. The zero-order valence-corrected chi connectivity index (χ0v) is 9.65. The normalized spacial score (nSPS) is 10.2. The van der Waals surface area contributed by atoms with Gasteiger partial charge in [-0.15, -0.1) is 10.2 Å². The molecule has 1 aromatic heterocycles. The van der Waals surface area contributed by atoms with E-state index in [1.165, 1.54) is 23.5 Å². The van der Waals surface area contributed by atoms with Gasteiger partial charge in [-0.1, -0.05) is 11.3 Å². The van der Waals surface area contributed by atoms with Crippen molar-refractivity contribution in [2.24, 2.45) is 0 Å². The number of anilines is 1. The number of phenols is 2. The maximum Gasteiger partial charge on any atom is 0.257 e. The summed E-state index contributed by atoms with van der Waals surface area (Å²) in [6, 6.07) is 3.65. The highest BCUT2D eigenvalue weighted by molar-refractivity contribution is 7.15. The largest absolute Gasteiger partial charge is 0.508 e. The molecule has 0 fully saturated rings. The highest BCUT2D eigenvalue weighted by Gasteiger charge is 2.11.